The molecule has 0 radical (unpaired) electrons. The van der Waals surface area contributed by atoms with Gasteiger partial charge in [0.25, 0.3) is 0 Å². The highest BCUT2D eigenvalue weighted by molar-refractivity contribution is 5.76. The van der Waals surface area contributed by atoms with Crippen LogP contribution in [0, 0.1) is 5.92 Å². The highest BCUT2D eigenvalue weighted by atomic mass is 16.6. The first-order valence-corrected chi connectivity index (χ1v) is 4.75. The van der Waals surface area contributed by atoms with Gasteiger partial charge in [-0.05, 0) is 20.8 Å². The van der Waals surface area contributed by atoms with Gasteiger partial charge in [-0.1, -0.05) is 6.92 Å². The zero-order chi connectivity index (χ0) is 11.4. The largest absolute Gasteiger partial charge is 0.459 e. The van der Waals surface area contributed by atoms with Crippen LogP contribution in [0.1, 0.15) is 27.7 Å². The lowest BCUT2D eigenvalue weighted by Crippen LogP contribution is -2.43. The molecule has 0 rings (SSSR count). The zero-order valence-electron chi connectivity index (χ0n) is 9.66. The highest BCUT2D eigenvalue weighted by Gasteiger charge is 2.26. The van der Waals surface area contributed by atoms with E-state index in [0.29, 0.717) is 6.61 Å². The van der Waals surface area contributed by atoms with E-state index >= 15 is 0 Å². The summed E-state index contributed by atoms with van der Waals surface area (Å²) in [6.45, 7) is 7.77. The topological polar surface area (TPSA) is 61.5 Å². The maximum Gasteiger partial charge on any atom is 0.323 e. The lowest BCUT2D eigenvalue weighted by molar-refractivity contribution is -0.158. The number of nitrogens with two attached hydrogens (primary N) is 1. The summed E-state index contributed by atoms with van der Waals surface area (Å²) in [6, 6.07) is -0.617. The van der Waals surface area contributed by atoms with Crippen molar-refractivity contribution in [2.24, 2.45) is 11.7 Å². The molecule has 4 heteroatoms. The molecule has 0 aliphatic carbocycles. The Morgan fingerprint density at radius 3 is 2.29 bits per heavy atom. The average molecular weight is 203 g/mol. The summed E-state index contributed by atoms with van der Waals surface area (Å²) in [5.74, 6) is -0.406. The van der Waals surface area contributed by atoms with Crippen LogP contribution in [-0.4, -0.2) is 31.3 Å². The van der Waals surface area contributed by atoms with Crippen LogP contribution in [0.5, 0.6) is 0 Å². The first kappa shape index (κ1) is 13.4. The molecule has 2 unspecified atom stereocenters. The minimum absolute atomic E-state index is 0.0325. The van der Waals surface area contributed by atoms with E-state index in [1.54, 1.807) is 7.11 Å². The third-order valence-electron chi connectivity index (χ3n) is 1.72. The van der Waals surface area contributed by atoms with Crippen molar-refractivity contribution in [2.75, 3.05) is 13.7 Å². The van der Waals surface area contributed by atoms with Crippen LogP contribution in [0.3, 0.4) is 0 Å². The second-order valence-corrected chi connectivity index (χ2v) is 4.49. The maximum absolute atomic E-state index is 11.5. The highest BCUT2D eigenvalue weighted by Crippen LogP contribution is 2.11. The van der Waals surface area contributed by atoms with Gasteiger partial charge in [0.1, 0.15) is 11.6 Å². The number of carbonyl (C=O) groups excluding carboxylic acids is 1. The smallest absolute Gasteiger partial charge is 0.323 e. The van der Waals surface area contributed by atoms with Crippen molar-refractivity contribution in [1.29, 1.82) is 0 Å². The van der Waals surface area contributed by atoms with Gasteiger partial charge >= 0.3 is 5.97 Å². The quantitative estimate of drug-likeness (QED) is 0.691. The standard InChI is InChI=1S/C10H21NO3/c1-7(6-13-5)8(11)9(12)14-10(2,3)4/h7-8H,6,11H2,1-5H3. The molecular weight excluding hydrogens is 182 g/mol. The van der Waals surface area contributed by atoms with Gasteiger partial charge in [-0.2, -0.15) is 0 Å². The van der Waals surface area contributed by atoms with E-state index < -0.39 is 11.6 Å². The second kappa shape index (κ2) is 5.32. The lowest BCUT2D eigenvalue weighted by atomic mass is 10.0. The minimum Gasteiger partial charge on any atom is -0.459 e. The molecule has 0 fully saturated rings. The van der Waals surface area contributed by atoms with Crippen molar-refractivity contribution in [2.45, 2.75) is 39.3 Å². The molecule has 0 aliphatic heterocycles. The van der Waals surface area contributed by atoms with E-state index in [1.165, 1.54) is 0 Å². The van der Waals surface area contributed by atoms with E-state index in [1.807, 2.05) is 27.7 Å². The van der Waals surface area contributed by atoms with Crippen molar-refractivity contribution in [3.8, 4) is 0 Å². The van der Waals surface area contributed by atoms with Gasteiger partial charge in [0, 0.05) is 13.0 Å². The van der Waals surface area contributed by atoms with Gasteiger partial charge in [0.15, 0.2) is 0 Å². The van der Waals surface area contributed by atoms with E-state index in [4.69, 9.17) is 15.2 Å². The fraction of sp³-hybridized carbons (Fsp3) is 0.900. The van der Waals surface area contributed by atoms with Gasteiger partial charge in [-0.3, -0.25) is 4.79 Å². The number of rotatable bonds is 4. The molecule has 0 saturated heterocycles. The van der Waals surface area contributed by atoms with Crippen LogP contribution >= 0.6 is 0 Å². The summed E-state index contributed by atoms with van der Waals surface area (Å²) in [6.07, 6.45) is 0. The third kappa shape index (κ3) is 5.19. The summed E-state index contributed by atoms with van der Waals surface area (Å²) < 4.78 is 10.1. The Labute approximate surface area is 85.8 Å². The van der Waals surface area contributed by atoms with Crippen molar-refractivity contribution in [3.05, 3.63) is 0 Å². The fourth-order valence-corrected chi connectivity index (χ4v) is 0.969. The summed E-state index contributed by atoms with van der Waals surface area (Å²) in [7, 11) is 1.58. The summed E-state index contributed by atoms with van der Waals surface area (Å²) in [5.41, 5.74) is 5.21. The van der Waals surface area contributed by atoms with Crippen LogP contribution in [0.4, 0.5) is 0 Å². The molecule has 0 saturated carbocycles. The zero-order valence-corrected chi connectivity index (χ0v) is 9.66. The lowest BCUT2D eigenvalue weighted by Gasteiger charge is -2.24. The Morgan fingerprint density at radius 1 is 1.43 bits per heavy atom. The molecule has 2 N–H and O–H groups in total. The fourth-order valence-electron chi connectivity index (χ4n) is 0.969. The molecular formula is C10H21NO3. The second-order valence-electron chi connectivity index (χ2n) is 4.49. The SMILES string of the molecule is COCC(C)C(N)C(=O)OC(C)(C)C. The molecule has 2 atom stereocenters. The predicted molar refractivity (Wildman–Crippen MR) is 54.9 cm³/mol. The van der Waals surface area contributed by atoms with Crippen LogP contribution < -0.4 is 5.73 Å². The Hall–Kier alpha value is -0.610. The van der Waals surface area contributed by atoms with E-state index in [0.717, 1.165) is 0 Å². The summed E-state index contributed by atoms with van der Waals surface area (Å²) in [5, 5.41) is 0. The first-order valence-electron chi connectivity index (χ1n) is 4.75. The number of carbonyl (C=O) groups is 1. The van der Waals surface area contributed by atoms with E-state index in [9.17, 15) is 4.79 Å². The van der Waals surface area contributed by atoms with Crippen molar-refractivity contribution >= 4 is 5.97 Å². The van der Waals surface area contributed by atoms with Gasteiger partial charge in [-0.25, -0.2) is 0 Å². The summed E-state index contributed by atoms with van der Waals surface area (Å²) in [4.78, 5) is 11.5. The van der Waals surface area contributed by atoms with Crippen LogP contribution in [0.15, 0.2) is 0 Å². The molecule has 0 aromatic carbocycles. The molecule has 0 bridgehead atoms. The number of hydrogen-bond donors (Lipinski definition) is 1. The Kier molecular flexibility index (Phi) is 5.08. The van der Waals surface area contributed by atoms with Crippen molar-refractivity contribution in [1.82, 2.24) is 0 Å². The monoisotopic (exact) mass is 203 g/mol. The number of ether oxygens (including phenoxy) is 2. The molecule has 0 spiro atoms. The molecule has 84 valence electrons. The molecule has 0 amide bonds. The predicted octanol–water partition coefficient (Wildman–Crippen LogP) is 0.938. The number of hydrogen-bond acceptors (Lipinski definition) is 4. The first-order chi connectivity index (χ1) is 6.28. The number of esters is 1. The average Bonchev–Trinajstić information content (AvgIpc) is 2.00. The van der Waals surface area contributed by atoms with Crippen LogP contribution in [0.2, 0.25) is 0 Å². The van der Waals surface area contributed by atoms with Gasteiger partial charge in [0.05, 0.1) is 6.61 Å². The van der Waals surface area contributed by atoms with Crippen LogP contribution in [0.25, 0.3) is 0 Å². The van der Waals surface area contributed by atoms with E-state index in [2.05, 4.69) is 0 Å². The van der Waals surface area contributed by atoms with Gasteiger partial charge in [-0.15, -0.1) is 0 Å². The maximum atomic E-state index is 11.5. The van der Waals surface area contributed by atoms with Crippen molar-refractivity contribution in [3.63, 3.8) is 0 Å². The molecule has 0 aromatic heterocycles. The van der Waals surface area contributed by atoms with E-state index in [-0.39, 0.29) is 11.9 Å². The third-order valence-corrected chi connectivity index (χ3v) is 1.72. The van der Waals surface area contributed by atoms with Gasteiger partial charge in [0.2, 0.25) is 0 Å². The molecule has 0 aromatic rings. The molecule has 4 nitrogen and oxygen atoms in total. The molecule has 14 heavy (non-hydrogen) atoms. The Bertz CT molecular complexity index is 186. The Balaban J connectivity index is 4.12. The van der Waals surface area contributed by atoms with Gasteiger partial charge < -0.3 is 15.2 Å². The number of methoxy groups -OCH3 is 1. The Morgan fingerprint density at radius 2 is 1.93 bits per heavy atom. The minimum atomic E-state index is -0.617. The molecule has 0 aliphatic rings. The molecule has 0 heterocycles. The summed E-state index contributed by atoms with van der Waals surface area (Å²) >= 11 is 0. The normalized spacial score (nSPS) is 16.1. The van der Waals surface area contributed by atoms with Crippen molar-refractivity contribution < 1.29 is 14.3 Å². The van der Waals surface area contributed by atoms with Crippen LogP contribution in [-0.2, 0) is 14.3 Å².